The highest BCUT2D eigenvalue weighted by Gasteiger charge is 2.33. The first kappa shape index (κ1) is 22.0. The van der Waals surface area contributed by atoms with E-state index in [0.717, 1.165) is 11.3 Å². The number of halogens is 2. The Hall–Kier alpha value is -3.23. The maximum atomic E-state index is 14.3. The molecular formula is C23H18ClFN2O4S. The molecule has 0 amide bonds. The first-order chi connectivity index (χ1) is 15.3. The number of thiazole rings is 1. The number of aromatic nitrogens is 1. The van der Waals surface area contributed by atoms with Crippen molar-refractivity contribution in [3.63, 3.8) is 0 Å². The third-order valence-electron chi connectivity index (χ3n) is 5.13. The molecule has 164 valence electrons. The van der Waals surface area contributed by atoms with Gasteiger partial charge in [0.2, 0.25) is 0 Å². The van der Waals surface area contributed by atoms with E-state index in [-0.39, 0.29) is 20.7 Å². The molecule has 0 N–H and O–H groups in total. The second-order valence-corrected chi connectivity index (χ2v) is 8.40. The molecule has 32 heavy (non-hydrogen) atoms. The number of methoxy groups -OCH3 is 2. The summed E-state index contributed by atoms with van der Waals surface area (Å²) >= 11 is 7.24. The Morgan fingerprint density at radius 2 is 1.94 bits per heavy atom. The molecule has 2 aromatic carbocycles. The summed E-state index contributed by atoms with van der Waals surface area (Å²) in [5, 5.41) is 0.189. The molecule has 0 saturated heterocycles. The third kappa shape index (κ3) is 3.76. The van der Waals surface area contributed by atoms with Crippen LogP contribution in [0.3, 0.4) is 0 Å². The molecule has 0 radical (unpaired) electrons. The van der Waals surface area contributed by atoms with Crippen molar-refractivity contribution >= 4 is 35.0 Å². The highest BCUT2D eigenvalue weighted by Crippen LogP contribution is 2.31. The summed E-state index contributed by atoms with van der Waals surface area (Å²) in [5.41, 5.74) is 1.07. The SMILES string of the molecule is COC(=O)C1=C(C)N=c2sc(=Cc3c(F)cccc3Cl)c(=O)n2[C@@H]1c1ccc(OC)cc1. The fourth-order valence-electron chi connectivity index (χ4n) is 3.57. The first-order valence-corrected chi connectivity index (χ1v) is 10.7. The van der Waals surface area contributed by atoms with E-state index in [1.54, 1.807) is 44.4 Å². The fourth-order valence-corrected chi connectivity index (χ4v) is 4.82. The molecule has 2 heterocycles. The lowest BCUT2D eigenvalue weighted by Gasteiger charge is -2.24. The van der Waals surface area contributed by atoms with Gasteiger partial charge < -0.3 is 9.47 Å². The van der Waals surface area contributed by atoms with Gasteiger partial charge in [-0.1, -0.05) is 41.1 Å². The molecule has 0 aliphatic carbocycles. The van der Waals surface area contributed by atoms with Gasteiger partial charge in [-0.3, -0.25) is 9.36 Å². The van der Waals surface area contributed by atoms with Crippen LogP contribution in [0.4, 0.5) is 4.39 Å². The van der Waals surface area contributed by atoms with Crippen molar-refractivity contribution in [2.45, 2.75) is 13.0 Å². The van der Waals surface area contributed by atoms with Crippen LogP contribution in [0.25, 0.3) is 6.08 Å². The molecule has 1 atom stereocenters. The van der Waals surface area contributed by atoms with E-state index in [9.17, 15) is 14.0 Å². The highest BCUT2D eigenvalue weighted by molar-refractivity contribution is 7.07. The maximum absolute atomic E-state index is 14.3. The Morgan fingerprint density at radius 1 is 1.22 bits per heavy atom. The number of carbonyl (C=O) groups excluding carboxylic acids is 1. The van der Waals surface area contributed by atoms with E-state index in [0.29, 0.717) is 21.8 Å². The normalized spacial score (nSPS) is 15.9. The first-order valence-electron chi connectivity index (χ1n) is 9.54. The summed E-state index contributed by atoms with van der Waals surface area (Å²) in [6.07, 6.45) is 1.41. The average molecular weight is 473 g/mol. The molecule has 1 aromatic heterocycles. The molecule has 0 fully saturated rings. The summed E-state index contributed by atoms with van der Waals surface area (Å²) < 4.78 is 26.2. The summed E-state index contributed by atoms with van der Waals surface area (Å²) in [5.74, 6) is -0.490. The van der Waals surface area contributed by atoms with Crippen molar-refractivity contribution in [1.82, 2.24) is 4.57 Å². The molecule has 0 unspecified atom stereocenters. The van der Waals surface area contributed by atoms with Crippen LogP contribution in [0, 0.1) is 5.82 Å². The predicted molar refractivity (Wildman–Crippen MR) is 120 cm³/mol. The number of hydrogen-bond donors (Lipinski definition) is 0. The van der Waals surface area contributed by atoms with Crippen molar-refractivity contribution in [1.29, 1.82) is 0 Å². The largest absolute Gasteiger partial charge is 0.497 e. The zero-order valence-electron chi connectivity index (χ0n) is 17.4. The minimum absolute atomic E-state index is 0.115. The van der Waals surface area contributed by atoms with Gasteiger partial charge in [-0.25, -0.2) is 14.2 Å². The lowest BCUT2D eigenvalue weighted by molar-refractivity contribution is -0.136. The molecule has 0 saturated carbocycles. The van der Waals surface area contributed by atoms with Crippen molar-refractivity contribution in [3.8, 4) is 5.75 Å². The second-order valence-electron chi connectivity index (χ2n) is 6.98. The van der Waals surface area contributed by atoms with Crippen LogP contribution in [-0.2, 0) is 9.53 Å². The van der Waals surface area contributed by atoms with E-state index < -0.39 is 23.4 Å². The molecule has 4 rings (SSSR count). The Kier molecular flexibility index (Phi) is 5.99. The standard InChI is InChI=1S/C23H18ClFN2O4S/c1-12-19(22(29)31-3)20(13-7-9-14(30-2)10-8-13)27-21(28)18(32-23(27)26-12)11-15-16(24)5-4-6-17(15)25/h4-11,20H,1-3H3/t20-/m1/s1. The van der Waals surface area contributed by atoms with Crippen LogP contribution < -0.4 is 19.6 Å². The molecular weight excluding hydrogens is 455 g/mol. The molecule has 1 aliphatic heterocycles. The number of benzene rings is 2. The van der Waals surface area contributed by atoms with Crippen molar-refractivity contribution < 1.29 is 18.7 Å². The molecule has 3 aromatic rings. The Morgan fingerprint density at radius 3 is 2.56 bits per heavy atom. The topological polar surface area (TPSA) is 69.9 Å². The zero-order chi connectivity index (χ0) is 23.0. The van der Waals surface area contributed by atoms with Gasteiger partial charge in [0.1, 0.15) is 11.6 Å². The monoisotopic (exact) mass is 472 g/mol. The number of hydrogen-bond acceptors (Lipinski definition) is 6. The number of carbonyl (C=O) groups is 1. The van der Waals surface area contributed by atoms with Gasteiger partial charge >= 0.3 is 5.97 Å². The number of nitrogens with zero attached hydrogens (tertiary/aromatic N) is 2. The average Bonchev–Trinajstić information content (AvgIpc) is 3.09. The summed E-state index contributed by atoms with van der Waals surface area (Å²) in [6.45, 7) is 1.69. The van der Waals surface area contributed by atoms with Crippen LogP contribution in [0.5, 0.6) is 5.75 Å². The molecule has 1 aliphatic rings. The summed E-state index contributed by atoms with van der Waals surface area (Å²) in [7, 11) is 2.83. The van der Waals surface area contributed by atoms with Crippen LogP contribution in [0.2, 0.25) is 5.02 Å². The Balaban J connectivity index is 1.99. The molecule has 9 heteroatoms. The lowest BCUT2D eigenvalue weighted by Crippen LogP contribution is -2.39. The van der Waals surface area contributed by atoms with Crippen molar-refractivity contribution in [3.05, 3.63) is 95.4 Å². The minimum Gasteiger partial charge on any atom is -0.497 e. The van der Waals surface area contributed by atoms with E-state index in [1.165, 1.54) is 29.9 Å². The highest BCUT2D eigenvalue weighted by atomic mass is 35.5. The zero-order valence-corrected chi connectivity index (χ0v) is 19.0. The Labute approximate surface area is 191 Å². The maximum Gasteiger partial charge on any atom is 0.338 e. The van der Waals surface area contributed by atoms with Gasteiger partial charge in [-0.05, 0) is 42.8 Å². The van der Waals surface area contributed by atoms with Crippen LogP contribution in [-0.4, -0.2) is 24.8 Å². The van der Waals surface area contributed by atoms with E-state index in [1.807, 2.05) is 0 Å². The van der Waals surface area contributed by atoms with Gasteiger partial charge in [0.25, 0.3) is 5.56 Å². The van der Waals surface area contributed by atoms with Crippen molar-refractivity contribution in [2.24, 2.45) is 4.99 Å². The van der Waals surface area contributed by atoms with Gasteiger partial charge in [0.15, 0.2) is 4.80 Å². The number of esters is 1. The molecule has 0 bridgehead atoms. The van der Waals surface area contributed by atoms with E-state index in [2.05, 4.69) is 4.99 Å². The lowest BCUT2D eigenvalue weighted by atomic mass is 9.96. The number of rotatable bonds is 4. The van der Waals surface area contributed by atoms with E-state index >= 15 is 0 Å². The van der Waals surface area contributed by atoms with Gasteiger partial charge in [-0.2, -0.15) is 0 Å². The molecule has 6 nitrogen and oxygen atoms in total. The quantitative estimate of drug-likeness (QED) is 0.547. The van der Waals surface area contributed by atoms with Crippen LogP contribution >= 0.6 is 22.9 Å². The second kappa shape index (κ2) is 8.72. The van der Waals surface area contributed by atoms with Gasteiger partial charge in [0, 0.05) is 5.56 Å². The smallest absolute Gasteiger partial charge is 0.338 e. The van der Waals surface area contributed by atoms with E-state index in [4.69, 9.17) is 21.1 Å². The third-order valence-corrected chi connectivity index (χ3v) is 6.45. The summed E-state index contributed by atoms with van der Waals surface area (Å²) in [4.78, 5) is 30.9. The van der Waals surface area contributed by atoms with Crippen LogP contribution in [0.15, 0.2) is 63.5 Å². The minimum atomic E-state index is -0.761. The Bertz CT molecular complexity index is 1400. The van der Waals surface area contributed by atoms with Crippen molar-refractivity contribution in [2.75, 3.05) is 14.2 Å². The number of ether oxygens (including phenoxy) is 2. The number of allylic oxidation sites excluding steroid dienone is 1. The van der Waals surface area contributed by atoms with Gasteiger partial charge in [-0.15, -0.1) is 0 Å². The van der Waals surface area contributed by atoms with Crippen LogP contribution in [0.1, 0.15) is 24.1 Å². The fraction of sp³-hybridized carbons (Fsp3) is 0.174. The number of fused-ring (bicyclic) bond motifs is 1. The summed E-state index contributed by atoms with van der Waals surface area (Å²) in [6, 6.07) is 10.6. The predicted octanol–water partition coefficient (Wildman–Crippen LogP) is 3.21. The molecule has 0 spiro atoms. The van der Waals surface area contributed by atoms with Gasteiger partial charge in [0.05, 0.1) is 41.1 Å².